The van der Waals surface area contributed by atoms with E-state index in [9.17, 15) is 18.8 Å². The fourth-order valence-electron chi connectivity index (χ4n) is 3.67. The molecule has 16 heteroatoms. The van der Waals surface area contributed by atoms with Crippen LogP contribution in [-0.2, 0) is 11.3 Å². The minimum Gasteiger partial charge on any atom is -0.453 e. The molecule has 0 spiro atoms. The Labute approximate surface area is 238 Å². The average Bonchev–Trinajstić information content (AvgIpc) is 3.29. The molecule has 0 fully saturated rings. The number of hydrogen-bond acceptors (Lipinski definition) is 10. The summed E-state index contributed by atoms with van der Waals surface area (Å²) in [5.74, 6) is -0.886. The van der Waals surface area contributed by atoms with E-state index in [2.05, 4.69) is 35.3 Å². The lowest BCUT2D eigenvalue weighted by Gasteiger charge is -2.16. The van der Waals surface area contributed by atoms with Gasteiger partial charge in [0.15, 0.2) is 10.9 Å². The lowest BCUT2D eigenvalue weighted by atomic mass is 10.3. The smallest absolute Gasteiger partial charge is 0.413 e. The van der Waals surface area contributed by atoms with Gasteiger partial charge in [-0.2, -0.15) is 4.98 Å². The van der Waals surface area contributed by atoms with Crippen LogP contribution >= 0.6 is 34.5 Å². The van der Waals surface area contributed by atoms with Crippen molar-refractivity contribution < 1.29 is 13.9 Å². The van der Waals surface area contributed by atoms with Crippen LogP contribution in [0.15, 0.2) is 52.4 Å². The first-order valence-corrected chi connectivity index (χ1v) is 12.9. The van der Waals surface area contributed by atoms with Gasteiger partial charge in [-0.15, -0.1) is 0 Å². The third-order valence-electron chi connectivity index (χ3n) is 5.49. The molecule has 0 radical (unpaired) electrons. The number of anilines is 3. The molecule has 0 atom stereocenters. The second kappa shape index (κ2) is 11.0. The van der Waals surface area contributed by atoms with Gasteiger partial charge in [-0.1, -0.05) is 34.5 Å². The molecular weight excluding hydrogens is 586 g/mol. The van der Waals surface area contributed by atoms with Gasteiger partial charge in [0, 0.05) is 6.20 Å². The van der Waals surface area contributed by atoms with Gasteiger partial charge in [-0.05, 0) is 36.8 Å². The first-order chi connectivity index (χ1) is 19.1. The number of hydrogen-bond donors (Lipinski definition) is 2. The summed E-state index contributed by atoms with van der Waals surface area (Å²) in [5.41, 5.74) is 0.302. The number of carbonyl (C=O) groups is 1. The van der Waals surface area contributed by atoms with E-state index in [0.717, 1.165) is 32.2 Å². The number of methoxy groups -OCH3 is 1. The first-order valence-electron chi connectivity index (χ1n) is 11.3. The predicted octanol–water partition coefficient (Wildman–Crippen LogP) is 4.52. The van der Waals surface area contributed by atoms with E-state index in [1.165, 1.54) is 19.4 Å². The second-order valence-corrected chi connectivity index (χ2v) is 10.1. The maximum atomic E-state index is 13.7. The van der Waals surface area contributed by atoms with E-state index >= 15 is 0 Å². The Bertz CT molecular complexity index is 1910. The topological polar surface area (TPSA) is 146 Å². The van der Waals surface area contributed by atoms with Crippen LogP contribution in [0.25, 0.3) is 15.9 Å². The third kappa shape index (κ3) is 5.50. The molecule has 2 N–H and O–H groups in total. The van der Waals surface area contributed by atoms with E-state index in [1.54, 1.807) is 31.3 Å². The Morgan fingerprint density at radius 2 is 1.90 bits per heavy atom. The number of rotatable bonds is 6. The highest BCUT2D eigenvalue weighted by molar-refractivity contribution is 7.22. The van der Waals surface area contributed by atoms with Crippen molar-refractivity contribution in [2.24, 2.45) is 0 Å². The van der Waals surface area contributed by atoms with E-state index in [-0.39, 0.29) is 39.1 Å². The zero-order chi connectivity index (χ0) is 28.6. The van der Waals surface area contributed by atoms with E-state index in [1.807, 2.05) is 0 Å². The number of thiazole rings is 1. The molecular formula is C24H17Cl2FN8O4S. The van der Waals surface area contributed by atoms with Crippen molar-refractivity contribution in [1.29, 1.82) is 0 Å². The van der Waals surface area contributed by atoms with Crippen LogP contribution in [0, 0.1) is 12.7 Å². The number of halogens is 3. The minimum atomic E-state index is -0.874. The molecule has 4 aromatic heterocycles. The molecule has 0 bridgehead atoms. The molecule has 5 rings (SSSR count). The number of nitrogens with zero attached hydrogens (tertiary/aromatic N) is 6. The van der Waals surface area contributed by atoms with Gasteiger partial charge >= 0.3 is 17.5 Å². The quantitative estimate of drug-likeness (QED) is 0.286. The number of ether oxygens (including phenoxy) is 1. The number of pyridine rings is 2. The fraction of sp³-hybridized carbons (Fsp3) is 0.125. The summed E-state index contributed by atoms with van der Waals surface area (Å²) in [7, 11) is 1.23. The van der Waals surface area contributed by atoms with Crippen LogP contribution in [0.5, 0.6) is 0 Å². The monoisotopic (exact) mass is 602 g/mol. The molecule has 0 aliphatic carbocycles. The molecule has 1 aromatic carbocycles. The highest BCUT2D eigenvalue weighted by atomic mass is 35.5. The molecule has 0 saturated carbocycles. The van der Waals surface area contributed by atoms with Crippen molar-refractivity contribution in [1.82, 2.24) is 29.1 Å². The van der Waals surface area contributed by atoms with Gasteiger partial charge in [-0.3, -0.25) is 19.9 Å². The Kier molecular flexibility index (Phi) is 7.47. The largest absolute Gasteiger partial charge is 0.453 e. The zero-order valence-corrected chi connectivity index (χ0v) is 22.9. The van der Waals surface area contributed by atoms with Gasteiger partial charge in [-0.25, -0.2) is 28.3 Å². The molecule has 4 heterocycles. The van der Waals surface area contributed by atoms with E-state index in [0.29, 0.717) is 15.9 Å². The Balaban J connectivity index is 1.62. The highest BCUT2D eigenvalue weighted by Crippen LogP contribution is 2.34. The van der Waals surface area contributed by atoms with Gasteiger partial charge in [0.05, 0.1) is 63.4 Å². The molecule has 0 unspecified atom stereocenters. The molecule has 0 aliphatic rings. The molecule has 1 amide bonds. The Morgan fingerprint density at radius 1 is 1.10 bits per heavy atom. The predicted molar refractivity (Wildman–Crippen MR) is 149 cm³/mol. The van der Waals surface area contributed by atoms with Crippen LogP contribution in [0.3, 0.4) is 0 Å². The number of carbonyl (C=O) groups excluding carboxylic acids is 1. The fourth-order valence-corrected chi connectivity index (χ4v) is 4.93. The second-order valence-electron chi connectivity index (χ2n) is 8.29. The van der Waals surface area contributed by atoms with Crippen LogP contribution in [0.4, 0.5) is 26.0 Å². The molecule has 12 nitrogen and oxygen atoms in total. The molecule has 0 saturated heterocycles. The summed E-state index contributed by atoms with van der Waals surface area (Å²) in [6.45, 7) is 1.54. The molecule has 40 heavy (non-hydrogen) atoms. The van der Waals surface area contributed by atoms with Gasteiger partial charge in [0.25, 0.3) is 0 Å². The molecule has 5 aromatic rings. The Morgan fingerprint density at radius 3 is 2.62 bits per heavy atom. The van der Waals surface area contributed by atoms with Crippen molar-refractivity contribution in [3.05, 3.63) is 90.9 Å². The lowest BCUT2D eigenvalue weighted by Crippen LogP contribution is -2.42. The summed E-state index contributed by atoms with van der Waals surface area (Å²) < 4.78 is 20.9. The number of aromatic nitrogens is 6. The number of fused-ring (bicyclic) bond motifs is 1. The molecule has 204 valence electrons. The van der Waals surface area contributed by atoms with E-state index < -0.39 is 23.3 Å². The van der Waals surface area contributed by atoms with Crippen LogP contribution in [0.2, 0.25) is 10.0 Å². The summed E-state index contributed by atoms with van der Waals surface area (Å²) in [5, 5.41) is 5.70. The first kappa shape index (κ1) is 27.2. The van der Waals surface area contributed by atoms with Crippen molar-refractivity contribution >= 4 is 67.6 Å². The summed E-state index contributed by atoms with van der Waals surface area (Å²) >= 11 is 13.6. The summed E-state index contributed by atoms with van der Waals surface area (Å²) in [6, 6.07) is 6.04. The standard InChI is InChI=1S/C24H17Cl2FN8O4S/c1-11-3-13(8-28-7-11)35-22(36)32-20(34(24(35)38)10-12-4-14(25)16(27)9-29-12)30-17-6-19-18(5-15(17)26)31-21(40-19)33-23(37)39-2/h3-9H,10H2,1-2H3,(H,30,32,36)(H,31,33,37). The SMILES string of the molecule is COC(=O)Nc1nc2cc(Cl)c(Nc3nc(=O)n(-c4cncc(C)c4)c(=O)n3Cc3cc(Cl)c(F)cn3)cc2s1. The van der Waals surface area contributed by atoms with Crippen LogP contribution in [-0.4, -0.2) is 42.3 Å². The normalized spacial score (nSPS) is 11.0. The highest BCUT2D eigenvalue weighted by Gasteiger charge is 2.19. The summed E-state index contributed by atoms with van der Waals surface area (Å²) in [4.78, 5) is 54.8. The van der Waals surface area contributed by atoms with Crippen LogP contribution < -0.4 is 22.0 Å². The lowest BCUT2D eigenvalue weighted by molar-refractivity contribution is 0.187. The van der Waals surface area contributed by atoms with Crippen molar-refractivity contribution in [3.63, 3.8) is 0 Å². The Hall–Kier alpha value is -4.40. The van der Waals surface area contributed by atoms with Crippen molar-refractivity contribution in [2.75, 3.05) is 17.7 Å². The summed E-state index contributed by atoms with van der Waals surface area (Å²) in [6.07, 6.45) is 3.18. The maximum absolute atomic E-state index is 13.7. The van der Waals surface area contributed by atoms with Crippen LogP contribution in [0.1, 0.15) is 11.3 Å². The number of nitrogens with one attached hydrogen (secondary N) is 2. The minimum absolute atomic E-state index is 0.159. The number of amides is 1. The number of benzene rings is 1. The maximum Gasteiger partial charge on any atom is 0.413 e. The average molecular weight is 603 g/mol. The van der Waals surface area contributed by atoms with E-state index in [4.69, 9.17) is 23.2 Å². The van der Waals surface area contributed by atoms with Gasteiger partial charge in [0.1, 0.15) is 0 Å². The van der Waals surface area contributed by atoms with Crippen molar-refractivity contribution in [2.45, 2.75) is 13.5 Å². The molecule has 0 aliphatic heterocycles. The third-order valence-corrected chi connectivity index (χ3v) is 7.03. The van der Waals surface area contributed by atoms with Gasteiger partial charge < -0.3 is 10.1 Å². The number of aryl methyl sites for hydroxylation is 1. The van der Waals surface area contributed by atoms with Gasteiger partial charge in [0.2, 0.25) is 5.95 Å². The van der Waals surface area contributed by atoms with Crippen molar-refractivity contribution in [3.8, 4) is 5.69 Å². The zero-order valence-electron chi connectivity index (χ0n) is 20.6.